The molecule has 6 nitrogen and oxygen atoms in total. The number of nitrogens with two attached hydrogens (primary N) is 1. The average Bonchev–Trinajstić information content (AvgIpc) is 2.63. The Morgan fingerprint density at radius 3 is 2.67 bits per heavy atom. The Balaban J connectivity index is 2.86. The minimum Gasteiger partial charge on any atom is -0.444 e. The van der Waals surface area contributed by atoms with Gasteiger partial charge in [-0.05, 0) is 20.3 Å². The first-order valence-corrected chi connectivity index (χ1v) is 7.46. The summed E-state index contributed by atoms with van der Waals surface area (Å²) in [6.07, 6.45) is 1.85. The van der Waals surface area contributed by atoms with Gasteiger partial charge in [-0.1, -0.05) is 19.1 Å². The summed E-state index contributed by atoms with van der Waals surface area (Å²) in [5.74, 6) is 0.936. The molecule has 0 saturated heterocycles. The highest BCUT2D eigenvalue weighted by Gasteiger charge is 2.29. The second-order valence-corrected chi connectivity index (χ2v) is 6.36. The van der Waals surface area contributed by atoms with Crippen LogP contribution in [0.4, 0.5) is 0 Å². The third kappa shape index (κ3) is 3.50. The number of oxazole rings is 1. The molecule has 2 atom stereocenters. The fraction of sp³-hybridized carbons (Fsp3) is 0.600. The van der Waals surface area contributed by atoms with E-state index in [2.05, 4.69) is 9.71 Å². The Morgan fingerprint density at radius 2 is 2.28 bits per heavy atom. The maximum Gasteiger partial charge on any atom is 0.221 e. The number of sulfonamides is 1. The highest BCUT2D eigenvalue weighted by atomic mass is 32.2. The molecule has 0 saturated carbocycles. The SMILES string of the molecule is CCC(C(N)=S)S(=O)(=O)NC(C)c1ncc(C)o1. The van der Waals surface area contributed by atoms with Gasteiger partial charge in [0.25, 0.3) is 0 Å². The van der Waals surface area contributed by atoms with E-state index in [0.29, 0.717) is 18.1 Å². The van der Waals surface area contributed by atoms with Gasteiger partial charge in [0, 0.05) is 0 Å². The molecule has 1 rings (SSSR count). The van der Waals surface area contributed by atoms with E-state index in [-0.39, 0.29) is 4.99 Å². The van der Waals surface area contributed by atoms with Crippen LogP contribution in [0.1, 0.15) is 38.0 Å². The van der Waals surface area contributed by atoms with Gasteiger partial charge in [-0.15, -0.1) is 0 Å². The van der Waals surface area contributed by atoms with Gasteiger partial charge in [0.1, 0.15) is 11.0 Å². The Bertz CT molecular complexity index is 524. The van der Waals surface area contributed by atoms with E-state index in [4.69, 9.17) is 22.4 Å². The van der Waals surface area contributed by atoms with Crippen LogP contribution in [-0.4, -0.2) is 23.6 Å². The van der Waals surface area contributed by atoms with Crippen molar-refractivity contribution in [2.45, 2.75) is 38.5 Å². The zero-order valence-electron chi connectivity index (χ0n) is 10.5. The number of nitrogens with zero attached hydrogens (tertiary/aromatic N) is 1. The molecule has 0 aliphatic heterocycles. The lowest BCUT2D eigenvalue weighted by atomic mass is 10.3. The first-order chi connectivity index (χ1) is 8.27. The van der Waals surface area contributed by atoms with Crippen molar-refractivity contribution in [3.8, 4) is 0 Å². The summed E-state index contributed by atoms with van der Waals surface area (Å²) < 4.78 is 31.8. The predicted molar refractivity (Wildman–Crippen MR) is 72.6 cm³/mol. The predicted octanol–water partition coefficient (Wildman–Crippen LogP) is 1.03. The van der Waals surface area contributed by atoms with Crippen LogP contribution in [0, 0.1) is 6.92 Å². The normalized spacial score (nSPS) is 15.3. The van der Waals surface area contributed by atoms with E-state index in [1.54, 1.807) is 20.8 Å². The summed E-state index contributed by atoms with van der Waals surface area (Å²) >= 11 is 4.76. The molecule has 0 aliphatic rings. The zero-order valence-corrected chi connectivity index (χ0v) is 12.1. The summed E-state index contributed by atoms with van der Waals surface area (Å²) in [6, 6.07) is -0.563. The number of aryl methyl sites for hydroxylation is 1. The van der Waals surface area contributed by atoms with E-state index < -0.39 is 21.3 Å². The number of hydrogen-bond donors (Lipinski definition) is 2. The molecular weight excluding hydrogens is 274 g/mol. The average molecular weight is 291 g/mol. The maximum atomic E-state index is 12.0. The van der Waals surface area contributed by atoms with Crippen LogP contribution in [0.25, 0.3) is 0 Å². The van der Waals surface area contributed by atoms with Gasteiger partial charge in [-0.3, -0.25) is 0 Å². The largest absolute Gasteiger partial charge is 0.444 e. The summed E-state index contributed by atoms with van der Waals surface area (Å²) in [7, 11) is -3.63. The number of nitrogens with one attached hydrogen (secondary N) is 1. The number of thiocarbonyl (C=S) groups is 1. The van der Waals surface area contributed by atoms with Crippen molar-refractivity contribution in [2.75, 3.05) is 0 Å². The molecule has 1 aromatic heterocycles. The van der Waals surface area contributed by atoms with E-state index in [1.807, 2.05) is 0 Å². The molecule has 0 spiro atoms. The third-order valence-electron chi connectivity index (χ3n) is 2.41. The zero-order chi connectivity index (χ0) is 13.9. The minimum absolute atomic E-state index is 0.0409. The molecule has 18 heavy (non-hydrogen) atoms. The standard InChI is InChI=1S/C10H17N3O3S2/c1-4-8(9(11)17)18(14,15)13-7(3)10-12-5-6(2)16-10/h5,7-8,13H,4H2,1-3H3,(H2,11,17). The fourth-order valence-corrected chi connectivity index (χ4v) is 3.57. The molecule has 0 radical (unpaired) electrons. The van der Waals surface area contributed by atoms with Crippen LogP contribution in [0.3, 0.4) is 0 Å². The first kappa shape index (κ1) is 15.1. The van der Waals surface area contributed by atoms with Crippen molar-refractivity contribution in [1.82, 2.24) is 9.71 Å². The topological polar surface area (TPSA) is 98.2 Å². The van der Waals surface area contributed by atoms with E-state index >= 15 is 0 Å². The third-order valence-corrected chi connectivity index (χ3v) is 4.87. The van der Waals surface area contributed by atoms with Gasteiger partial charge in [0.05, 0.1) is 17.2 Å². The molecule has 1 heterocycles. The fourth-order valence-electron chi connectivity index (χ4n) is 1.52. The van der Waals surface area contributed by atoms with Crippen LogP contribution in [0.2, 0.25) is 0 Å². The van der Waals surface area contributed by atoms with Crippen LogP contribution in [0.5, 0.6) is 0 Å². The molecule has 0 amide bonds. The Morgan fingerprint density at radius 1 is 1.67 bits per heavy atom. The Kier molecular flexibility index (Phi) is 4.83. The molecule has 2 unspecified atom stereocenters. The monoisotopic (exact) mass is 291 g/mol. The molecule has 1 aromatic rings. The second-order valence-electron chi connectivity index (χ2n) is 3.99. The Labute approximate surface area is 112 Å². The van der Waals surface area contributed by atoms with Gasteiger partial charge in [0.2, 0.25) is 15.9 Å². The van der Waals surface area contributed by atoms with E-state index in [0.717, 1.165) is 0 Å². The number of aromatic nitrogens is 1. The van der Waals surface area contributed by atoms with Gasteiger partial charge in [-0.25, -0.2) is 18.1 Å². The molecule has 0 bridgehead atoms. The van der Waals surface area contributed by atoms with Crippen LogP contribution in [0.15, 0.2) is 10.6 Å². The molecule has 8 heteroatoms. The van der Waals surface area contributed by atoms with Crippen LogP contribution >= 0.6 is 12.2 Å². The van der Waals surface area contributed by atoms with Gasteiger partial charge in [-0.2, -0.15) is 0 Å². The smallest absolute Gasteiger partial charge is 0.221 e. The lowest BCUT2D eigenvalue weighted by molar-refractivity contribution is 0.427. The Hall–Kier alpha value is -0.990. The van der Waals surface area contributed by atoms with Gasteiger partial charge < -0.3 is 10.2 Å². The van der Waals surface area contributed by atoms with Gasteiger partial charge in [0.15, 0.2) is 0 Å². The van der Waals surface area contributed by atoms with Gasteiger partial charge >= 0.3 is 0 Å². The first-order valence-electron chi connectivity index (χ1n) is 5.50. The highest BCUT2D eigenvalue weighted by Crippen LogP contribution is 2.15. The number of hydrogen-bond acceptors (Lipinski definition) is 5. The highest BCUT2D eigenvalue weighted by molar-refractivity contribution is 7.93. The molecule has 0 fully saturated rings. The summed E-state index contributed by atoms with van der Waals surface area (Å²) in [5, 5.41) is -0.883. The van der Waals surface area contributed by atoms with Crippen molar-refractivity contribution >= 4 is 27.2 Å². The van der Waals surface area contributed by atoms with Crippen molar-refractivity contribution in [1.29, 1.82) is 0 Å². The quantitative estimate of drug-likeness (QED) is 0.760. The van der Waals surface area contributed by atoms with Crippen molar-refractivity contribution in [3.05, 3.63) is 17.8 Å². The maximum absolute atomic E-state index is 12.0. The molecule has 0 aromatic carbocycles. The van der Waals surface area contributed by atoms with Crippen LogP contribution < -0.4 is 10.5 Å². The summed E-state index contributed by atoms with van der Waals surface area (Å²) in [4.78, 5) is 3.93. The second kappa shape index (κ2) is 5.77. The summed E-state index contributed by atoms with van der Waals surface area (Å²) in [5.41, 5.74) is 5.43. The number of rotatable bonds is 6. The van der Waals surface area contributed by atoms with Crippen molar-refractivity contribution < 1.29 is 12.8 Å². The minimum atomic E-state index is -3.63. The lowest BCUT2D eigenvalue weighted by Gasteiger charge is -2.17. The molecule has 102 valence electrons. The lowest BCUT2D eigenvalue weighted by Crippen LogP contribution is -2.42. The van der Waals surface area contributed by atoms with E-state index in [9.17, 15) is 8.42 Å². The van der Waals surface area contributed by atoms with Crippen molar-refractivity contribution in [3.63, 3.8) is 0 Å². The summed E-state index contributed by atoms with van der Waals surface area (Å²) in [6.45, 7) is 5.10. The molecule has 0 aliphatic carbocycles. The molecular formula is C10H17N3O3S2. The van der Waals surface area contributed by atoms with Crippen LogP contribution in [-0.2, 0) is 10.0 Å². The molecule has 3 N–H and O–H groups in total. The van der Waals surface area contributed by atoms with Crippen molar-refractivity contribution in [2.24, 2.45) is 5.73 Å². The van der Waals surface area contributed by atoms with E-state index in [1.165, 1.54) is 6.20 Å².